The van der Waals surface area contributed by atoms with Crippen LogP contribution in [0.15, 0.2) is 41.5 Å². The van der Waals surface area contributed by atoms with Crippen LogP contribution < -0.4 is 10.2 Å². The molecule has 1 amide bonds. The molecule has 23 heavy (non-hydrogen) atoms. The van der Waals surface area contributed by atoms with Crippen molar-refractivity contribution in [3.8, 4) is 11.5 Å². The van der Waals surface area contributed by atoms with Crippen LogP contribution in [0.3, 0.4) is 0 Å². The van der Waals surface area contributed by atoms with E-state index in [1.165, 1.54) is 18.3 Å². The Morgan fingerprint density at radius 1 is 1.35 bits per heavy atom. The molecule has 0 bridgehead atoms. The summed E-state index contributed by atoms with van der Waals surface area (Å²) in [6.07, 6.45) is 1.32. The number of rotatable bonds is 5. The number of para-hydroxylation sites is 1. The van der Waals surface area contributed by atoms with E-state index in [-0.39, 0.29) is 16.3 Å². The number of aromatic hydroxyl groups is 1. The first kappa shape index (κ1) is 17.1. The van der Waals surface area contributed by atoms with E-state index in [0.29, 0.717) is 22.9 Å². The number of hydrazone groups is 1. The van der Waals surface area contributed by atoms with Gasteiger partial charge in [-0.15, -0.1) is 0 Å². The van der Waals surface area contributed by atoms with Gasteiger partial charge in [0.1, 0.15) is 0 Å². The molecule has 0 aliphatic heterocycles. The molecule has 0 aliphatic carbocycles. The van der Waals surface area contributed by atoms with Crippen LogP contribution in [0.1, 0.15) is 22.8 Å². The smallest absolute Gasteiger partial charge is 0.272 e. The third kappa shape index (κ3) is 4.37. The highest BCUT2D eigenvalue weighted by Crippen LogP contribution is 2.28. The Balaban J connectivity index is 2.10. The van der Waals surface area contributed by atoms with Gasteiger partial charge in [0.05, 0.1) is 23.4 Å². The lowest BCUT2D eigenvalue weighted by molar-refractivity contribution is 0.0955. The lowest BCUT2D eigenvalue weighted by Gasteiger charge is -2.07. The van der Waals surface area contributed by atoms with E-state index in [9.17, 15) is 9.90 Å². The van der Waals surface area contributed by atoms with Gasteiger partial charge in [0.15, 0.2) is 11.5 Å². The quantitative estimate of drug-likeness (QED) is 0.633. The normalized spacial score (nSPS) is 10.7. The molecule has 0 aliphatic rings. The highest BCUT2D eigenvalue weighted by Gasteiger charge is 2.10. The molecule has 0 fully saturated rings. The number of benzene rings is 2. The van der Waals surface area contributed by atoms with Crippen LogP contribution in [0.25, 0.3) is 0 Å². The number of hydrogen-bond donors (Lipinski definition) is 2. The first-order valence-electron chi connectivity index (χ1n) is 6.76. The fourth-order valence-corrected chi connectivity index (χ4v) is 2.30. The van der Waals surface area contributed by atoms with E-state index in [4.69, 9.17) is 27.9 Å². The predicted molar refractivity (Wildman–Crippen MR) is 90.8 cm³/mol. The molecule has 0 aromatic heterocycles. The number of carbonyl (C=O) groups excluding carboxylic acids is 1. The van der Waals surface area contributed by atoms with Crippen molar-refractivity contribution < 1.29 is 14.6 Å². The van der Waals surface area contributed by atoms with Crippen LogP contribution in [0.2, 0.25) is 10.0 Å². The Labute approximate surface area is 143 Å². The Hall–Kier alpha value is -2.24. The standard InChI is InChI=1S/C16H14Cl2N2O3/c1-2-23-14-5-3-4-10(15(14)21)9-19-20-16(22)12-7-6-11(17)8-13(12)18/h3-9,21H,2H2,1H3,(H,20,22). The molecule has 0 saturated carbocycles. The average molecular weight is 353 g/mol. The SMILES string of the molecule is CCOc1cccc(C=NNC(=O)c2ccc(Cl)cc2Cl)c1O. The number of nitrogens with zero attached hydrogens (tertiary/aromatic N) is 1. The zero-order valence-corrected chi connectivity index (χ0v) is 13.7. The van der Waals surface area contributed by atoms with Crippen LogP contribution in [0.5, 0.6) is 11.5 Å². The van der Waals surface area contributed by atoms with Crippen LogP contribution in [0, 0.1) is 0 Å². The summed E-state index contributed by atoms with van der Waals surface area (Å²) in [5.74, 6) is -0.177. The predicted octanol–water partition coefficient (Wildman–Crippen LogP) is 3.86. The van der Waals surface area contributed by atoms with Crippen LogP contribution in [-0.4, -0.2) is 23.8 Å². The summed E-state index contributed by atoms with van der Waals surface area (Å²) < 4.78 is 5.27. The Kier molecular flexibility index (Phi) is 5.84. The van der Waals surface area contributed by atoms with E-state index in [0.717, 1.165) is 0 Å². The molecule has 0 atom stereocenters. The van der Waals surface area contributed by atoms with Gasteiger partial charge in [-0.1, -0.05) is 29.3 Å². The van der Waals surface area contributed by atoms with Gasteiger partial charge in [-0.25, -0.2) is 5.43 Å². The topological polar surface area (TPSA) is 70.9 Å². The lowest BCUT2D eigenvalue weighted by atomic mass is 10.2. The van der Waals surface area contributed by atoms with Gasteiger partial charge in [-0.05, 0) is 37.3 Å². The average Bonchev–Trinajstić information content (AvgIpc) is 2.51. The zero-order valence-electron chi connectivity index (χ0n) is 12.2. The third-order valence-electron chi connectivity index (χ3n) is 2.88. The van der Waals surface area contributed by atoms with Crippen molar-refractivity contribution in [2.45, 2.75) is 6.92 Å². The van der Waals surface area contributed by atoms with Crippen LogP contribution >= 0.6 is 23.2 Å². The Morgan fingerprint density at radius 2 is 2.13 bits per heavy atom. The first-order valence-corrected chi connectivity index (χ1v) is 7.51. The second kappa shape index (κ2) is 7.85. The minimum absolute atomic E-state index is 0.0446. The number of hydrogen-bond acceptors (Lipinski definition) is 4. The van der Waals surface area contributed by atoms with E-state index in [1.807, 2.05) is 6.92 Å². The van der Waals surface area contributed by atoms with Gasteiger partial charge < -0.3 is 9.84 Å². The van der Waals surface area contributed by atoms with Crippen molar-refractivity contribution in [3.05, 3.63) is 57.6 Å². The van der Waals surface area contributed by atoms with Crippen molar-refractivity contribution in [3.63, 3.8) is 0 Å². The van der Waals surface area contributed by atoms with E-state index in [1.54, 1.807) is 24.3 Å². The van der Waals surface area contributed by atoms with Crippen LogP contribution in [-0.2, 0) is 0 Å². The molecule has 0 heterocycles. The van der Waals surface area contributed by atoms with Crippen molar-refractivity contribution >= 4 is 35.3 Å². The van der Waals surface area contributed by atoms with Gasteiger partial charge in [-0.2, -0.15) is 5.10 Å². The largest absolute Gasteiger partial charge is 0.504 e. The molecular formula is C16H14Cl2N2O3. The molecule has 0 saturated heterocycles. The fraction of sp³-hybridized carbons (Fsp3) is 0.125. The number of phenols is 1. The number of amides is 1. The highest BCUT2D eigenvalue weighted by atomic mass is 35.5. The summed E-state index contributed by atoms with van der Waals surface area (Å²) in [6.45, 7) is 2.25. The maximum Gasteiger partial charge on any atom is 0.272 e. The maximum absolute atomic E-state index is 12.0. The van der Waals surface area contributed by atoms with E-state index >= 15 is 0 Å². The summed E-state index contributed by atoms with van der Waals surface area (Å²) in [5.41, 5.74) is 3.00. The van der Waals surface area contributed by atoms with Crippen LogP contribution in [0.4, 0.5) is 0 Å². The van der Waals surface area contributed by atoms with Crippen molar-refractivity contribution in [2.24, 2.45) is 5.10 Å². The van der Waals surface area contributed by atoms with Crippen molar-refractivity contribution in [1.29, 1.82) is 0 Å². The molecule has 7 heteroatoms. The van der Waals surface area contributed by atoms with E-state index in [2.05, 4.69) is 10.5 Å². The molecule has 5 nitrogen and oxygen atoms in total. The minimum atomic E-state index is -0.483. The molecule has 2 aromatic rings. The Morgan fingerprint density at radius 3 is 2.83 bits per heavy atom. The zero-order chi connectivity index (χ0) is 16.8. The maximum atomic E-state index is 12.0. The molecule has 2 aromatic carbocycles. The molecule has 0 spiro atoms. The van der Waals surface area contributed by atoms with Gasteiger partial charge in [0, 0.05) is 10.6 Å². The molecular weight excluding hydrogens is 339 g/mol. The fourth-order valence-electron chi connectivity index (χ4n) is 1.81. The summed E-state index contributed by atoms with van der Waals surface area (Å²) in [7, 11) is 0. The second-order valence-corrected chi connectivity index (χ2v) is 5.29. The second-order valence-electron chi connectivity index (χ2n) is 4.45. The number of nitrogens with one attached hydrogen (secondary N) is 1. The number of phenolic OH excluding ortho intramolecular Hbond substituents is 1. The first-order chi connectivity index (χ1) is 11.0. The molecule has 0 radical (unpaired) electrons. The molecule has 0 unspecified atom stereocenters. The summed E-state index contributed by atoms with van der Waals surface area (Å²) in [5, 5.41) is 14.5. The summed E-state index contributed by atoms with van der Waals surface area (Å²) in [6, 6.07) is 9.53. The van der Waals surface area contributed by atoms with Crippen molar-refractivity contribution in [2.75, 3.05) is 6.61 Å². The number of ether oxygens (including phenoxy) is 1. The van der Waals surface area contributed by atoms with Gasteiger partial charge in [0.2, 0.25) is 0 Å². The minimum Gasteiger partial charge on any atom is -0.504 e. The number of halogens is 2. The Bertz CT molecular complexity index is 748. The van der Waals surface area contributed by atoms with Gasteiger partial charge in [0.25, 0.3) is 5.91 Å². The molecule has 2 rings (SSSR count). The highest BCUT2D eigenvalue weighted by molar-refractivity contribution is 6.36. The molecule has 120 valence electrons. The summed E-state index contributed by atoms with van der Waals surface area (Å²) in [4.78, 5) is 12.0. The monoisotopic (exact) mass is 352 g/mol. The van der Waals surface area contributed by atoms with Gasteiger partial charge in [-0.3, -0.25) is 4.79 Å². The van der Waals surface area contributed by atoms with E-state index < -0.39 is 5.91 Å². The number of carbonyl (C=O) groups is 1. The summed E-state index contributed by atoms with van der Waals surface area (Å²) >= 11 is 11.7. The molecule has 2 N–H and O–H groups in total. The van der Waals surface area contributed by atoms with Gasteiger partial charge >= 0.3 is 0 Å². The van der Waals surface area contributed by atoms with Crippen molar-refractivity contribution in [1.82, 2.24) is 5.43 Å². The third-order valence-corrected chi connectivity index (χ3v) is 3.42. The lowest BCUT2D eigenvalue weighted by Crippen LogP contribution is -2.18.